The molecule has 1 aromatic carbocycles. The minimum Gasteiger partial charge on any atom is -0.305 e. The Kier molecular flexibility index (Phi) is 4.23. The van der Waals surface area contributed by atoms with Crippen LogP contribution in [0, 0.1) is 13.8 Å². The number of rotatable bonds is 4. The molecule has 0 aliphatic carbocycles. The molecule has 0 atom stereocenters. The third-order valence-corrected chi connectivity index (χ3v) is 3.30. The summed E-state index contributed by atoms with van der Waals surface area (Å²) >= 11 is 0. The Morgan fingerprint density at radius 3 is 2.65 bits per heavy atom. The van der Waals surface area contributed by atoms with Gasteiger partial charge in [0.2, 0.25) is 0 Å². The molecule has 0 saturated heterocycles. The van der Waals surface area contributed by atoms with E-state index >= 15 is 0 Å². The van der Waals surface area contributed by atoms with Crippen LogP contribution in [0.15, 0.2) is 24.5 Å². The molecule has 0 aliphatic rings. The third-order valence-electron chi connectivity index (χ3n) is 3.30. The number of benzene rings is 1. The van der Waals surface area contributed by atoms with Crippen molar-refractivity contribution in [3.63, 3.8) is 0 Å². The summed E-state index contributed by atoms with van der Waals surface area (Å²) in [5.74, 6) is 0.973. The van der Waals surface area contributed by atoms with Crippen molar-refractivity contribution in [3.8, 4) is 0 Å². The highest BCUT2D eigenvalue weighted by Gasteiger charge is 2.12. The van der Waals surface area contributed by atoms with Crippen LogP contribution in [0.2, 0.25) is 0 Å². The van der Waals surface area contributed by atoms with Gasteiger partial charge < -0.3 is 5.32 Å². The predicted octanol–water partition coefficient (Wildman–Crippen LogP) is 2.83. The van der Waals surface area contributed by atoms with Gasteiger partial charge in [-0.2, -0.15) is 5.10 Å². The molecule has 108 valence electrons. The summed E-state index contributed by atoms with van der Waals surface area (Å²) in [6.07, 6.45) is 1.63. The first kappa shape index (κ1) is 14.7. The Bertz CT molecular complexity index is 578. The highest BCUT2D eigenvalue weighted by molar-refractivity contribution is 5.30. The second-order valence-electron chi connectivity index (χ2n) is 6.37. The van der Waals surface area contributed by atoms with Gasteiger partial charge in [0.15, 0.2) is 0 Å². The fraction of sp³-hybridized carbons (Fsp3) is 0.500. The van der Waals surface area contributed by atoms with Crippen LogP contribution in [-0.2, 0) is 13.1 Å². The van der Waals surface area contributed by atoms with Gasteiger partial charge in [0.05, 0.1) is 13.1 Å². The summed E-state index contributed by atoms with van der Waals surface area (Å²) in [5.41, 5.74) is 3.95. The van der Waals surface area contributed by atoms with Crippen LogP contribution in [0.5, 0.6) is 0 Å². The molecule has 0 aliphatic heterocycles. The molecule has 0 radical (unpaired) electrons. The number of nitrogens with zero attached hydrogens (tertiary/aromatic N) is 3. The maximum atomic E-state index is 4.36. The maximum absolute atomic E-state index is 4.36. The summed E-state index contributed by atoms with van der Waals surface area (Å²) in [6.45, 7) is 12.2. The zero-order valence-corrected chi connectivity index (χ0v) is 13.1. The normalized spacial score (nSPS) is 11.8. The van der Waals surface area contributed by atoms with Crippen molar-refractivity contribution in [3.05, 3.63) is 47.0 Å². The van der Waals surface area contributed by atoms with Crippen molar-refractivity contribution in [1.82, 2.24) is 20.1 Å². The molecule has 20 heavy (non-hydrogen) atoms. The Labute approximate surface area is 121 Å². The molecule has 0 amide bonds. The molecule has 1 heterocycles. The number of aryl methyl sites for hydroxylation is 2. The molecule has 0 spiro atoms. The molecular formula is C16H24N4. The number of hydrogen-bond acceptors (Lipinski definition) is 3. The van der Waals surface area contributed by atoms with Gasteiger partial charge in [-0.05, 0) is 45.7 Å². The van der Waals surface area contributed by atoms with Crippen molar-refractivity contribution in [2.75, 3.05) is 0 Å². The first-order valence-electron chi connectivity index (χ1n) is 7.03. The smallest absolute Gasteiger partial charge is 0.141 e. The predicted molar refractivity (Wildman–Crippen MR) is 81.6 cm³/mol. The quantitative estimate of drug-likeness (QED) is 0.930. The van der Waals surface area contributed by atoms with E-state index in [4.69, 9.17) is 0 Å². The molecular weight excluding hydrogens is 248 g/mol. The first-order chi connectivity index (χ1) is 9.35. The van der Waals surface area contributed by atoms with Gasteiger partial charge in [-0.15, -0.1) is 0 Å². The number of nitrogens with one attached hydrogen (secondary N) is 1. The van der Waals surface area contributed by atoms with Gasteiger partial charge >= 0.3 is 0 Å². The zero-order valence-electron chi connectivity index (χ0n) is 13.1. The van der Waals surface area contributed by atoms with Crippen LogP contribution in [0.25, 0.3) is 0 Å². The standard InChI is InChI=1S/C16H24N4/c1-12-6-7-13(2)14(8-12)10-20-15(17-11-19-20)9-18-16(3,4)5/h6-8,11,18H,9-10H2,1-5H3. The molecule has 4 heteroatoms. The van der Waals surface area contributed by atoms with Crippen molar-refractivity contribution in [2.45, 2.75) is 53.2 Å². The zero-order chi connectivity index (χ0) is 14.8. The van der Waals surface area contributed by atoms with E-state index in [1.54, 1.807) is 6.33 Å². The largest absolute Gasteiger partial charge is 0.305 e. The molecule has 0 unspecified atom stereocenters. The fourth-order valence-electron chi connectivity index (χ4n) is 2.03. The monoisotopic (exact) mass is 272 g/mol. The summed E-state index contributed by atoms with van der Waals surface area (Å²) < 4.78 is 1.97. The number of aromatic nitrogens is 3. The Morgan fingerprint density at radius 1 is 1.20 bits per heavy atom. The Hall–Kier alpha value is -1.68. The Balaban J connectivity index is 2.14. The second-order valence-corrected chi connectivity index (χ2v) is 6.37. The first-order valence-corrected chi connectivity index (χ1v) is 7.03. The van der Waals surface area contributed by atoms with Crippen LogP contribution in [0.3, 0.4) is 0 Å². The van der Waals surface area contributed by atoms with E-state index in [2.05, 4.69) is 68.2 Å². The van der Waals surface area contributed by atoms with Gasteiger partial charge in [0.1, 0.15) is 12.2 Å². The van der Waals surface area contributed by atoms with Gasteiger partial charge in [-0.25, -0.2) is 9.67 Å². The van der Waals surface area contributed by atoms with Crippen LogP contribution in [0.4, 0.5) is 0 Å². The van der Waals surface area contributed by atoms with Gasteiger partial charge in [-0.3, -0.25) is 0 Å². The maximum Gasteiger partial charge on any atom is 0.141 e. The van der Waals surface area contributed by atoms with E-state index in [1.807, 2.05) is 4.68 Å². The molecule has 4 nitrogen and oxygen atoms in total. The molecule has 0 saturated carbocycles. The fourth-order valence-corrected chi connectivity index (χ4v) is 2.03. The van der Waals surface area contributed by atoms with Crippen molar-refractivity contribution >= 4 is 0 Å². The van der Waals surface area contributed by atoms with Crippen molar-refractivity contribution in [1.29, 1.82) is 0 Å². The molecule has 1 aromatic heterocycles. The summed E-state index contributed by atoms with van der Waals surface area (Å²) in [6, 6.07) is 6.52. The van der Waals surface area contributed by atoms with E-state index in [0.717, 1.165) is 18.9 Å². The van der Waals surface area contributed by atoms with Crippen LogP contribution in [-0.4, -0.2) is 20.3 Å². The lowest BCUT2D eigenvalue weighted by Gasteiger charge is -2.20. The van der Waals surface area contributed by atoms with Gasteiger partial charge in [0, 0.05) is 5.54 Å². The molecule has 0 fully saturated rings. The number of hydrogen-bond donors (Lipinski definition) is 1. The average molecular weight is 272 g/mol. The average Bonchev–Trinajstić information content (AvgIpc) is 2.78. The van der Waals surface area contributed by atoms with Crippen LogP contribution >= 0.6 is 0 Å². The van der Waals surface area contributed by atoms with Crippen molar-refractivity contribution < 1.29 is 0 Å². The topological polar surface area (TPSA) is 42.7 Å². The minimum absolute atomic E-state index is 0.0794. The van der Waals surface area contributed by atoms with Crippen molar-refractivity contribution in [2.24, 2.45) is 0 Å². The second kappa shape index (κ2) is 5.75. The lowest BCUT2D eigenvalue weighted by Crippen LogP contribution is -2.36. The SMILES string of the molecule is Cc1ccc(C)c(Cn2ncnc2CNC(C)(C)C)c1. The van der Waals surface area contributed by atoms with Crippen LogP contribution < -0.4 is 5.32 Å². The van der Waals surface area contributed by atoms with Gasteiger partial charge in [0.25, 0.3) is 0 Å². The van der Waals surface area contributed by atoms with E-state index in [-0.39, 0.29) is 5.54 Å². The molecule has 2 rings (SSSR count). The van der Waals surface area contributed by atoms with E-state index < -0.39 is 0 Å². The van der Waals surface area contributed by atoms with Gasteiger partial charge in [-0.1, -0.05) is 23.8 Å². The van der Waals surface area contributed by atoms with E-state index in [9.17, 15) is 0 Å². The molecule has 1 N–H and O–H groups in total. The van der Waals surface area contributed by atoms with Crippen LogP contribution in [0.1, 0.15) is 43.3 Å². The Morgan fingerprint density at radius 2 is 1.95 bits per heavy atom. The summed E-state index contributed by atoms with van der Waals surface area (Å²) in [7, 11) is 0. The highest BCUT2D eigenvalue weighted by atomic mass is 15.3. The highest BCUT2D eigenvalue weighted by Crippen LogP contribution is 2.13. The van der Waals surface area contributed by atoms with E-state index in [0.29, 0.717) is 0 Å². The lowest BCUT2D eigenvalue weighted by atomic mass is 10.1. The summed E-state index contributed by atoms with van der Waals surface area (Å²) in [5, 5.41) is 7.80. The third kappa shape index (κ3) is 3.90. The minimum atomic E-state index is 0.0794. The molecule has 0 bridgehead atoms. The molecule has 2 aromatic rings. The van der Waals surface area contributed by atoms with E-state index in [1.165, 1.54) is 16.7 Å². The lowest BCUT2D eigenvalue weighted by molar-refractivity contribution is 0.410. The summed E-state index contributed by atoms with van der Waals surface area (Å²) in [4.78, 5) is 4.36.